The minimum Gasteiger partial charge on any atom is -0.313 e. The molecule has 0 saturated carbocycles. The van der Waals surface area contributed by atoms with E-state index in [0.717, 1.165) is 5.69 Å². The van der Waals surface area contributed by atoms with Gasteiger partial charge in [-0.15, -0.1) is 6.58 Å². The molecule has 3 rings (SSSR count). The van der Waals surface area contributed by atoms with Crippen molar-refractivity contribution < 1.29 is 4.79 Å². The molecule has 0 spiro atoms. The number of carbonyl (C=O) groups is 1. The highest BCUT2D eigenvalue weighted by molar-refractivity contribution is 5.97. The number of H-pyrrole nitrogens is 1. The average molecular weight is 255 g/mol. The molecule has 2 heterocycles. The fraction of sp³-hybridized carbons (Fsp3) is 0.214. The van der Waals surface area contributed by atoms with Crippen molar-refractivity contribution in [2.24, 2.45) is 5.92 Å². The molecule has 0 aliphatic carbocycles. The summed E-state index contributed by atoms with van der Waals surface area (Å²) in [6, 6.07) is 5.29. The van der Waals surface area contributed by atoms with Crippen LogP contribution in [-0.4, -0.2) is 22.4 Å². The van der Waals surface area contributed by atoms with E-state index < -0.39 is 0 Å². The van der Waals surface area contributed by atoms with Gasteiger partial charge >= 0.3 is 0 Å². The molecule has 1 amide bonds. The van der Waals surface area contributed by atoms with Crippen LogP contribution in [-0.2, 0) is 4.79 Å². The van der Waals surface area contributed by atoms with Crippen molar-refractivity contribution in [3.8, 4) is 0 Å². The molecule has 5 heteroatoms. The van der Waals surface area contributed by atoms with Crippen LogP contribution in [0.2, 0.25) is 0 Å². The predicted octanol–water partition coefficient (Wildman–Crippen LogP) is 1.46. The Morgan fingerprint density at radius 2 is 2.26 bits per heavy atom. The van der Waals surface area contributed by atoms with Gasteiger partial charge in [0, 0.05) is 24.6 Å². The number of hydrogen-bond donors (Lipinski definition) is 1. The fourth-order valence-corrected chi connectivity index (χ4v) is 2.37. The van der Waals surface area contributed by atoms with E-state index in [2.05, 4.69) is 16.5 Å². The number of aromatic nitrogens is 2. The maximum atomic E-state index is 11.9. The summed E-state index contributed by atoms with van der Waals surface area (Å²) >= 11 is 0. The van der Waals surface area contributed by atoms with Gasteiger partial charge in [-0.05, 0) is 18.2 Å². The van der Waals surface area contributed by atoms with Gasteiger partial charge < -0.3 is 9.88 Å². The summed E-state index contributed by atoms with van der Waals surface area (Å²) in [7, 11) is 0. The summed E-state index contributed by atoms with van der Waals surface area (Å²) < 4.78 is 0. The standard InChI is InChI=1S/C14H13N3O2/c1-2-9-5-13(18)17(7-9)10-3-4-12-11(6-10)14(19)16-8-15-12/h2-4,6,8-9H,1,5,7H2,(H,15,16,19). The largest absolute Gasteiger partial charge is 0.313 e. The monoisotopic (exact) mass is 255 g/mol. The van der Waals surface area contributed by atoms with Crippen molar-refractivity contribution in [3.63, 3.8) is 0 Å². The number of amides is 1. The van der Waals surface area contributed by atoms with Crippen LogP contribution < -0.4 is 10.5 Å². The molecule has 0 radical (unpaired) electrons. The Bertz CT molecular complexity index is 720. The van der Waals surface area contributed by atoms with Gasteiger partial charge in [0.25, 0.3) is 5.56 Å². The first-order chi connectivity index (χ1) is 9.19. The predicted molar refractivity (Wildman–Crippen MR) is 73.0 cm³/mol. The molecule has 96 valence electrons. The zero-order valence-corrected chi connectivity index (χ0v) is 10.3. The van der Waals surface area contributed by atoms with Crippen molar-refractivity contribution in [2.45, 2.75) is 6.42 Å². The second-order valence-electron chi connectivity index (χ2n) is 4.64. The third kappa shape index (κ3) is 1.93. The van der Waals surface area contributed by atoms with Gasteiger partial charge in [0.2, 0.25) is 5.91 Å². The van der Waals surface area contributed by atoms with Gasteiger partial charge in [0.1, 0.15) is 0 Å². The second kappa shape index (κ2) is 4.35. The lowest BCUT2D eigenvalue weighted by Gasteiger charge is -2.16. The van der Waals surface area contributed by atoms with Crippen LogP contribution in [0.5, 0.6) is 0 Å². The molecule has 2 aromatic rings. The summed E-state index contributed by atoms with van der Waals surface area (Å²) in [6.45, 7) is 4.34. The molecule has 5 nitrogen and oxygen atoms in total. The highest BCUT2D eigenvalue weighted by Gasteiger charge is 2.28. The third-order valence-electron chi connectivity index (χ3n) is 3.42. The fourth-order valence-electron chi connectivity index (χ4n) is 2.37. The van der Waals surface area contributed by atoms with Gasteiger partial charge in [-0.25, -0.2) is 4.98 Å². The van der Waals surface area contributed by atoms with Crippen LogP contribution in [0.4, 0.5) is 5.69 Å². The van der Waals surface area contributed by atoms with Crippen molar-refractivity contribution >= 4 is 22.5 Å². The summed E-state index contributed by atoms with van der Waals surface area (Å²) in [5.74, 6) is 0.236. The zero-order chi connectivity index (χ0) is 13.4. The van der Waals surface area contributed by atoms with E-state index >= 15 is 0 Å². The van der Waals surface area contributed by atoms with Crippen LogP contribution in [0.3, 0.4) is 0 Å². The van der Waals surface area contributed by atoms with Gasteiger partial charge in [-0.3, -0.25) is 9.59 Å². The summed E-state index contributed by atoms with van der Waals surface area (Å²) in [5.41, 5.74) is 1.17. The molecule has 1 aromatic carbocycles. The number of anilines is 1. The lowest BCUT2D eigenvalue weighted by molar-refractivity contribution is -0.117. The number of rotatable bonds is 2. The van der Waals surface area contributed by atoms with E-state index in [0.29, 0.717) is 23.9 Å². The Kier molecular flexibility index (Phi) is 2.67. The van der Waals surface area contributed by atoms with Gasteiger partial charge in [-0.1, -0.05) is 6.08 Å². The molecule has 0 bridgehead atoms. The van der Waals surface area contributed by atoms with E-state index in [4.69, 9.17) is 0 Å². The average Bonchev–Trinajstić information content (AvgIpc) is 2.80. The Labute approximate surface area is 109 Å². The normalized spacial score (nSPS) is 19.1. The number of nitrogens with one attached hydrogen (secondary N) is 1. The first kappa shape index (κ1) is 11.6. The second-order valence-corrected chi connectivity index (χ2v) is 4.64. The molecule has 1 fully saturated rings. The zero-order valence-electron chi connectivity index (χ0n) is 10.3. The molecule has 1 N–H and O–H groups in total. The minimum atomic E-state index is -0.196. The summed E-state index contributed by atoms with van der Waals surface area (Å²) in [5, 5.41) is 0.495. The Hall–Kier alpha value is -2.43. The number of nitrogens with zero attached hydrogens (tertiary/aromatic N) is 2. The Morgan fingerprint density at radius 3 is 3.00 bits per heavy atom. The van der Waals surface area contributed by atoms with Crippen LogP contribution in [0.1, 0.15) is 6.42 Å². The molecule has 1 atom stereocenters. The van der Waals surface area contributed by atoms with E-state index in [1.54, 1.807) is 23.1 Å². The number of fused-ring (bicyclic) bond motifs is 1. The smallest absolute Gasteiger partial charge is 0.258 e. The summed E-state index contributed by atoms with van der Waals surface area (Å²) in [4.78, 5) is 32.0. The van der Waals surface area contributed by atoms with Crippen LogP contribution in [0.25, 0.3) is 10.9 Å². The Balaban J connectivity index is 2.07. The molecular weight excluding hydrogens is 242 g/mol. The van der Waals surface area contributed by atoms with Crippen molar-refractivity contribution in [1.82, 2.24) is 9.97 Å². The Morgan fingerprint density at radius 1 is 1.42 bits per heavy atom. The van der Waals surface area contributed by atoms with E-state index in [-0.39, 0.29) is 17.4 Å². The lowest BCUT2D eigenvalue weighted by Crippen LogP contribution is -2.24. The van der Waals surface area contributed by atoms with Crippen LogP contribution in [0, 0.1) is 5.92 Å². The highest BCUT2D eigenvalue weighted by atomic mass is 16.2. The quantitative estimate of drug-likeness (QED) is 0.826. The topological polar surface area (TPSA) is 66.1 Å². The van der Waals surface area contributed by atoms with Gasteiger partial charge in [0.15, 0.2) is 0 Å². The molecule has 19 heavy (non-hydrogen) atoms. The van der Waals surface area contributed by atoms with Gasteiger partial charge in [-0.2, -0.15) is 0 Å². The first-order valence-corrected chi connectivity index (χ1v) is 6.09. The number of benzene rings is 1. The van der Waals surface area contributed by atoms with Gasteiger partial charge in [0.05, 0.1) is 17.2 Å². The molecular formula is C14H13N3O2. The molecule has 1 saturated heterocycles. The number of aromatic amines is 1. The van der Waals surface area contributed by atoms with Crippen molar-refractivity contribution in [2.75, 3.05) is 11.4 Å². The maximum absolute atomic E-state index is 11.9. The number of carbonyl (C=O) groups excluding carboxylic acids is 1. The van der Waals surface area contributed by atoms with E-state index in [1.807, 2.05) is 6.07 Å². The minimum absolute atomic E-state index is 0.0598. The highest BCUT2D eigenvalue weighted by Crippen LogP contribution is 2.26. The first-order valence-electron chi connectivity index (χ1n) is 6.09. The van der Waals surface area contributed by atoms with Crippen molar-refractivity contribution in [1.29, 1.82) is 0 Å². The molecule has 1 aromatic heterocycles. The number of hydrogen-bond acceptors (Lipinski definition) is 3. The maximum Gasteiger partial charge on any atom is 0.258 e. The molecule has 1 unspecified atom stereocenters. The lowest BCUT2D eigenvalue weighted by atomic mass is 10.1. The van der Waals surface area contributed by atoms with Crippen LogP contribution >= 0.6 is 0 Å². The summed E-state index contributed by atoms with van der Waals surface area (Å²) in [6.07, 6.45) is 3.65. The van der Waals surface area contributed by atoms with Crippen LogP contribution in [0.15, 0.2) is 42.0 Å². The van der Waals surface area contributed by atoms with E-state index in [1.165, 1.54) is 6.33 Å². The third-order valence-corrected chi connectivity index (χ3v) is 3.42. The van der Waals surface area contributed by atoms with Crippen molar-refractivity contribution in [3.05, 3.63) is 47.5 Å². The molecule has 1 aliphatic rings. The SMILES string of the molecule is C=CC1CC(=O)N(c2ccc3nc[nH]c(=O)c3c2)C1. The van der Waals surface area contributed by atoms with E-state index in [9.17, 15) is 9.59 Å². The molecule has 1 aliphatic heterocycles.